The van der Waals surface area contributed by atoms with Crippen LogP contribution in [0.25, 0.3) is 0 Å². The Labute approximate surface area is 96.7 Å². The molecule has 1 aromatic carbocycles. The minimum atomic E-state index is -1.00. The zero-order chi connectivity index (χ0) is 11.7. The molecule has 1 aliphatic heterocycles. The lowest BCUT2D eigenvalue weighted by atomic mass is 10.2. The molecule has 1 heterocycles. The number of nitrogens with one attached hydrogen (secondary N) is 1. The molecule has 16 heavy (non-hydrogen) atoms. The second-order valence-corrected chi connectivity index (χ2v) is 3.63. The number of thiocarbonyl (C=S) groups is 1. The molecular weight excluding hydrogens is 228 g/mol. The van der Waals surface area contributed by atoms with Gasteiger partial charge in [0.15, 0.2) is 5.11 Å². The molecule has 5 nitrogen and oxygen atoms in total. The predicted octanol–water partition coefficient (Wildman–Crippen LogP) is 0.606. The zero-order valence-electron chi connectivity index (χ0n) is 8.14. The van der Waals surface area contributed by atoms with Crippen molar-refractivity contribution in [3.8, 4) is 0 Å². The van der Waals surface area contributed by atoms with Crippen LogP contribution in [0, 0.1) is 0 Å². The van der Waals surface area contributed by atoms with Gasteiger partial charge in [-0.1, -0.05) is 0 Å². The van der Waals surface area contributed by atoms with E-state index in [4.69, 9.17) is 17.3 Å². The van der Waals surface area contributed by atoms with Gasteiger partial charge in [0.25, 0.3) is 5.91 Å². The van der Waals surface area contributed by atoms with Gasteiger partial charge in [-0.25, -0.2) is 4.79 Å². The molecule has 1 aromatic rings. The predicted molar refractivity (Wildman–Crippen MR) is 61.5 cm³/mol. The Hall–Kier alpha value is -1.95. The average molecular weight is 236 g/mol. The number of hydrogen-bond acceptors (Lipinski definition) is 3. The smallest absolute Gasteiger partial charge is 0.335 e. The number of anilines is 1. The minimum Gasteiger partial charge on any atom is -0.478 e. The first-order valence-electron chi connectivity index (χ1n) is 4.54. The molecule has 1 saturated heterocycles. The van der Waals surface area contributed by atoms with E-state index < -0.39 is 5.97 Å². The second kappa shape index (κ2) is 3.90. The first kappa shape index (κ1) is 10.6. The maximum absolute atomic E-state index is 11.5. The summed E-state index contributed by atoms with van der Waals surface area (Å²) in [7, 11) is 0. The fourth-order valence-electron chi connectivity index (χ4n) is 1.44. The van der Waals surface area contributed by atoms with Gasteiger partial charge in [-0.3, -0.25) is 9.69 Å². The molecule has 0 saturated carbocycles. The number of carboxylic acids is 1. The van der Waals surface area contributed by atoms with Crippen LogP contribution in [-0.2, 0) is 4.79 Å². The molecule has 82 valence electrons. The van der Waals surface area contributed by atoms with Crippen molar-refractivity contribution in [2.45, 2.75) is 0 Å². The Balaban J connectivity index is 2.31. The number of benzene rings is 1. The summed E-state index contributed by atoms with van der Waals surface area (Å²) in [6.45, 7) is 0.180. The van der Waals surface area contributed by atoms with E-state index in [0.29, 0.717) is 10.8 Å². The van der Waals surface area contributed by atoms with Crippen molar-refractivity contribution in [1.29, 1.82) is 0 Å². The van der Waals surface area contributed by atoms with E-state index in [1.54, 1.807) is 12.1 Å². The Morgan fingerprint density at radius 1 is 1.38 bits per heavy atom. The lowest BCUT2D eigenvalue weighted by molar-refractivity contribution is -0.115. The van der Waals surface area contributed by atoms with Crippen molar-refractivity contribution in [3.05, 3.63) is 29.8 Å². The summed E-state index contributed by atoms with van der Waals surface area (Å²) in [6, 6.07) is 5.99. The molecule has 0 bridgehead atoms. The highest BCUT2D eigenvalue weighted by atomic mass is 32.1. The number of carbonyl (C=O) groups is 2. The summed E-state index contributed by atoms with van der Waals surface area (Å²) in [6.07, 6.45) is 0. The first-order chi connectivity index (χ1) is 7.59. The molecule has 0 atom stereocenters. The quantitative estimate of drug-likeness (QED) is 0.736. The first-order valence-corrected chi connectivity index (χ1v) is 4.94. The topological polar surface area (TPSA) is 69.6 Å². The van der Waals surface area contributed by atoms with Crippen LogP contribution < -0.4 is 10.2 Å². The van der Waals surface area contributed by atoms with E-state index in [-0.39, 0.29) is 18.0 Å². The molecule has 1 fully saturated rings. The maximum Gasteiger partial charge on any atom is 0.335 e. The third-order valence-electron chi connectivity index (χ3n) is 2.22. The van der Waals surface area contributed by atoms with Crippen LogP contribution in [-0.4, -0.2) is 28.6 Å². The van der Waals surface area contributed by atoms with Gasteiger partial charge in [-0.2, -0.15) is 0 Å². The van der Waals surface area contributed by atoms with Crippen molar-refractivity contribution in [2.75, 3.05) is 11.4 Å². The van der Waals surface area contributed by atoms with Crippen LogP contribution in [0.1, 0.15) is 10.4 Å². The van der Waals surface area contributed by atoms with Crippen LogP contribution in [0.2, 0.25) is 0 Å². The minimum absolute atomic E-state index is 0.145. The third-order valence-corrected chi connectivity index (χ3v) is 2.54. The van der Waals surface area contributed by atoms with E-state index in [1.807, 2.05) is 0 Å². The molecule has 2 rings (SSSR count). The summed E-state index contributed by atoms with van der Waals surface area (Å²) in [5.41, 5.74) is 0.749. The van der Waals surface area contributed by atoms with Gasteiger partial charge in [0.1, 0.15) is 0 Å². The van der Waals surface area contributed by atoms with Crippen LogP contribution in [0.3, 0.4) is 0 Å². The van der Waals surface area contributed by atoms with Gasteiger partial charge < -0.3 is 10.4 Å². The molecular formula is C10H8N2O3S. The molecule has 0 radical (unpaired) electrons. The average Bonchev–Trinajstić information content (AvgIpc) is 2.59. The van der Waals surface area contributed by atoms with Crippen LogP contribution in [0.5, 0.6) is 0 Å². The third kappa shape index (κ3) is 1.74. The van der Waals surface area contributed by atoms with E-state index >= 15 is 0 Å². The molecule has 0 unspecified atom stereocenters. The van der Waals surface area contributed by atoms with Gasteiger partial charge >= 0.3 is 5.97 Å². The Morgan fingerprint density at radius 2 is 2.00 bits per heavy atom. The Kier molecular flexibility index (Phi) is 2.57. The number of nitrogens with zero attached hydrogens (tertiary/aromatic N) is 1. The van der Waals surface area contributed by atoms with E-state index in [1.165, 1.54) is 17.0 Å². The summed E-state index contributed by atoms with van der Waals surface area (Å²) < 4.78 is 0. The Bertz CT molecular complexity index is 453. The largest absolute Gasteiger partial charge is 0.478 e. The van der Waals surface area contributed by atoms with Crippen molar-refractivity contribution >= 4 is 34.9 Å². The number of carboxylic acid groups (broad SMARTS) is 1. The summed E-state index contributed by atoms with van der Waals surface area (Å²) >= 11 is 4.96. The number of aromatic carboxylic acids is 1. The zero-order valence-corrected chi connectivity index (χ0v) is 8.95. The molecule has 2 N–H and O–H groups in total. The second-order valence-electron chi connectivity index (χ2n) is 3.24. The van der Waals surface area contributed by atoms with Gasteiger partial charge in [-0.05, 0) is 36.5 Å². The SMILES string of the molecule is O=C(O)c1ccc(N2C(=O)CNC2=S)cc1. The van der Waals surface area contributed by atoms with Gasteiger partial charge in [0.2, 0.25) is 0 Å². The van der Waals surface area contributed by atoms with Gasteiger partial charge in [0, 0.05) is 0 Å². The lowest BCUT2D eigenvalue weighted by Crippen LogP contribution is -2.30. The maximum atomic E-state index is 11.5. The highest BCUT2D eigenvalue weighted by molar-refractivity contribution is 7.80. The fraction of sp³-hybridized carbons (Fsp3) is 0.100. The summed E-state index contributed by atoms with van der Waals surface area (Å²) in [4.78, 5) is 23.5. The van der Waals surface area contributed by atoms with Crippen molar-refractivity contribution < 1.29 is 14.7 Å². The molecule has 1 aliphatic rings. The summed E-state index contributed by atoms with van der Waals surface area (Å²) in [5.74, 6) is -1.15. The molecule has 0 aromatic heterocycles. The van der Waals surface area contributed by atoms with Crippen molar-refractivity contribution in [3.63, 3.8) is 0 Å². The number of hydrogen-bond donors (Lipinski definition) is 2. The molecule has 6 heteroatoms. The monoisotopic (exact) mass is 236 g/mol. The lowest BCUT2D eigenvalue weighted by Gasteiger charge is -2.14. The highest BCUT2D eigenvalue weighted by Crippen LogP contribution is 2.18. The molecule has 0 aliphatic carbocycles. The fourth-order valence-corrected chi connectivity index (χ4v) is 1.72. The van der Waals surface area contributed by atoms with Gasteiger partial charge in [0.05, 0.1) is 17.8 Å². The summed E-state index contributed by atoms with van der Waals surface area (Å²) in [5, 5.41) is 11.8. The number of carbonyl (C=O) groups excluding carboxylic acids is 1. The van der Waals surface area contributed by atoms with E-state index in [0.717, 1.165) is 0 Å². The standard InChI is InChI=1S/C10H8N2O3S/c13-8-5-11-10(16)12(8)7-3-1-6(2-4-7)9(14)15/h1-4H,5H2,(H,11,16)(H,14,15). The van der Waals surface area contributed by atoms with E-state index in [9.17, 15) is 9.59 Å². The number of rotatable bonds is 2. The number of amides is 1. The highest BCUT2D eigenvalue weighted by Gasteiger charge is 2.26. The normalized spacial score (nSPS) is 15.1. The Morgan fingerprint density at radius 3 is 2.44 bits per heavy atom. The molecule has 1 amide bonds. The van der Waals surface area contributed by atoms with Crippen LogP contribution in [0.4, 0.5) is 5.69 Å². The van der Waals surface area contributed by atoms with Crippen LogP contribution in [0.15, 0.2) is 24.3 Å². The van der Waals surface area contributed by atoms with Crippen molar-refractivity contribution in [2.24, 2.45) is 0 Å². The molecule has 0 spiro atoms. The van der Waals surface area contributed by atoms with E-state index in [2.05, 4.69) is 5.32 Å². The van der Waals surface area contributed by atoms with Gasteiger partial charge in [-0.15, -0.1) is 0 Å². The van der Waals surface area contributed by atoms with Crippen molar-refractivity contribution in [1.82, 2.24) is 5.32 Å². The van der Waals surface area contributed by atoms with Crippen LogP contribution >= 0.6 is 12.2 Å².